The maximum atomic E-state index is 13.6. The molecule has 5 nitrogen and oxygen atoms in total. The third kappa shape index (κ3) is 4.42. The second-order valence-electron chi connectivity index (χ2n) is 5.83. The summed E-state index contributed by atoms with van der Waals surface area (Å²) in [6, 6.07) is 15.9. The van der Waals surface area contributed by atoms with Crippen molar-refractivity contribution < 1.29 is 9.18 Å². The van der Waals surface area contributed by atoms with Crippen molar-refractivity contribution in [2.24, 2.45) is 0 Å². The molecule has 0 bridgehead atoms. The van der Waals surface area contributed by atoms with Gasteiger partial charge in [-0.05, 0) is 36.6 Å². The van der Waals surface area contributed by atoms with Gasteiger partial charge in [0.1, 0.15) is 23.7 Å². The maximum absolute atomic E-state index is 13.6. The van der Waals surface area contributed by atoms with Crippen LogP contribution in [0.4, 0.5) is 15.9 Å². The molecule has 0 saturated carbocycles. The molecule has 0 aliphatic carbocycles. The van der Waals surface area contributed by atoms with Gasteiger partial charge in [0.25, 0.3) is 5.91 Å². The van der Waals surface area contributed by atoms with Gasteiger partial charge in [-0.1, -0.05) is 36.4 Å². The fourth-order valence-corrected chi connectivity index (χ4v) is 2.50. The lowest BCUT2D eigenvalue weighted by molar-refractivity contribution is 0.0949. The zero-order valence-electron chi connectivity index (χ0n) is 14.4. The van der Waals surface area contributed by atoms with Gasteiger partial charge in [0, 0.05) is 18.3 Å². The van der Waals surface area contributed by atoms with Gasteiger partial charge in [0.05, 0.1) is 0 Å². The highest BCUT2D eigenvalue weighted by molar-refractivity contribution is 5.93. The molecule has 1 aromatic heterocycles. The molecule has 2 aromatic carbocycles. The van der Waals surface area contributed by atoms with E-state index in [9.17, 15) is 9.18 Å². The fourth-order valence-electron chi connectivity index (χ4n) is 2.50. The number of hydrogen-bond donors (Lipinski definition) is 2. The Morgan fingerprint density at radius 2 is 1.85 bits per heavy atom. The van der Waals surface area contributed by atoms with Gasteiger partial charge in [0.2, 0.25) is 0 Å². The SMILES string of the molecule is Cc1ccccc1Nc1cc(C(=O)NCCc2ccccc2F)ncn1. The Bertz CT molecular complexity index is 914. The Kier molecular flexibility index (Phi) is 5.53. The molecule has 3 aromatic rings. The van der Waals surface area contributed by atoms with Crippen LogP contribution in [-0.2, 0) is 6.42 Å². The second kappa shape index (κ2) is 8.20. The molecule has 132 valence electrons. The van der Waals surface area contributed by atoms with Crippen LogP contribution in [0, 0.1) is 12.7 Å². The molecular weight excluding hydrogens is 331 g/mol. The van der Waals surface area contributed by atoms with Gasteiger partial charge in [-0.15, -0.1) is 0 Å². The van der Waals surface area contributed by atoms with E-state index >= 15 is 0 Å². The quantitative estimate of drug-likeness (QED) is 0.712. The molecule has 26 heavy (non-hydrogen) atoms. The number of halogens is 1. The van der Waals surface area contributed by atoms with Crippen LogP contribution in [0.25, 0.3) is 0 Å². The number of carbonyl (C=O) groups excluding carboxylic acids is 1. The Balaban J connectivity index is 1.61. The molecule has 0 fully saturated rings. The number of amides is 1. The molecule has 3 rings (SSSR count). The Morgan fingerprint density at radius 3 is 2.65 bits per heavy atom. The van der Waals surface area contributed by atoms with E-state index in [-0.39, 0.29) is 17.4 Å². The zero-order chi connectivity index (χ0) is 18.4. The molecular formula is C20H19FN4O. The second-order valence-corrected chi connectivity index (χ2v) is 5.83. The third-order valence-corrected chi connectivity index (χ3v) is 3.95. The van der Waals surface area contributed by atoms with E-state index in [0.717, 1.165) is 11.3 Å². The molecule has 2 N–H and O–H groups in total. The predicted molar refractivity (Wildman–Crippen MR) is 98.9 cm³/mol. The first kappa shape index (κ1) is 17.5. The van der Waals surface area contributed by atoms with Crippen molar-refractivity contribution in [1.82, 2.24) is 15.3 Å². The van der Waals surface area contributed by atoms with E-state index in [1.54, 1.807) is 24.3 Å². The van der Waals surface area contributed by atoms with E-state index in [0.29, 0.717) is 24.3 Å². The minimum Gasteiger partial charge on any atom is -0.350 e. The lowest BCUT2D eigenvalue weighted by Gasteiger charge is -2.09. The summed E-state index contributed by atoms with van der Waals surface area (Å²) in [5.74, 6) is -0.0568. The summed E-state index contributed by atoms with van der Waals surface area (Å²) >= 11 is 0. The first-order valence-electron chi connectivity index (χ1n) is 8.30. The topological polar surface area (TPSA) is 66.9 Å². The number of nitrogens with zero attached hydrogens (tertiary/aromatic N) is 2. The predicted octanol–water partition coefficient (Wildman–Crippen LogP) is 3.64. The summed E-state index contributed by atoms with van der Waals surface area (Å²) in [6.45, 7) is 2.31. The first-order valence-corrected chi connectivity index (χ1v) is 8.30. The van der Waals surface area contributed by atoms with Crippen LogP contribution >= 0.6 is 0 Å². The smallest absolute Gasteiger partial charge is 0.270 e. The van der Waals surface area contributed by atoms with Crippen molar-refractivity contribution in [1.29, 1.82) is 0 Å². The minimum atomic E-state index is -0.323. The molecule has 0 spiro atoms. The number of benzene rings is 2. The standard InChI is InChI=1S/C20H19FN4O/c1-14-6-2-5-9-17(14)25-19-12-18(23-13-24-19)20(26)22-11-10-15-7-3-4-8-16(15)21/h2-9,12-13H,10-11H2,1H3,(H,22,26)(H,23,24,25). The van der Waals surface area contributed by atoms with Crippen molar-refractivity contribution in [3.63, 3.8) is 0 Å². The van der Waals surface area contributed by atoms with E-state index < -0.39 is 0 Å². The highest BCUT2D eigenvalue weighted by atomic mass is 19.1. The molecule has 0 unspecified atom stereocenters. The zero-order valence-corrected chi connectivity index (χ0v) is 14.4. The van der Waals surface area contributed by atoms with Crippen LogP contribution in [0.1, 0.15) is 21.6 Å². The Labute approximate surface area is 151 Å². The van der Waals surface area contributed by atoms with Gasteiger partial charge < -0.3 is 10.6 Å². The fraction of sp³-hybridized carbons (Fsp3) is 0.150. The Morgan fingerprint density at radius 1 is 1.08 bits per heavy atom. The summed E-state index contributed by atoms with van der Waals surface area (Å²) in [5.41, 5.74) is 2.81. The number of aromatic nitrogens is 2. The molecule has 0 radical (unpaired) electrons. The lowest BCUT2D eigenvalue weighted by Crippen LogP contribution is -2.26. The summed E-state index contributed by atoms with van der Waals surface area (Å²) < 4.78 is 13.6. The Hall–Kier alpha value is -3.28. The molecule has 1 amide bonds. The largest absolute Gasteiger partial charge is 0.350 e. The summed E-state index contributed by atoms with van der Waals surface area (Å²) in [4.78, 5) is 20.4. The van der Waals surface area contributed by atoms with Gasteiger partial charge >= 0.3 is 0 Å². The van der Waals surface area contributed by atoms with Crippen LogP contribution in [0.3, 0.4) is 0 Å². The highest BCUT2D eigenvalue weighted by Crippen LogP contribution is 2.18. The molecule has 0 aliphatic heterocycles. The summed E-state index contributed by atoms with van der Waals surface area (Å²) in [6.07, 6.45) is 1.75. The van der Waals surface area contributed by atoms with E-state index in [1.165, 1.54) is 12.4 Å². The first-order chi connectivity index (χ1) is 12.6. The van der Waals surface area contributed by atoms with Gasteiger partial charge in [0.15, 0.2) is 0 Å². The number of nitrogens with one attached hydrogen (secondary N) is 2. The molecule has 6 heteroatoms. The summed E-state index contributed by atoms with van der Waals surface area (Å²) in [5, 5.41) is 5.93. The minimum absolute atomic E-state index is 0.254. The van der Waals surface area contributed by atoms with Crippen LogP contribution < -0.4 is 10.6 Å². The normalized spacial score (nSPS) is 10.4. The molecule has 1 heterocycles. The number of carbonyl (C=O) groups is 1. The van der Waals surface area contributed by atoms with Gasteiger partial charge in [-0.25, -0.2) is 14.4 Å². The average Bonchev–Trinajstić information content (AvgIpc) is 2.65. The van der Waals surface area contributed by atoms with Crippen LogP contribution in [0.15, 0.2) is 60.9 Å². The molecule has 0 atom stereocenters. The van der Waals surface area contributed by atoms with E-state index in [2.05, 4.69) is 20.6 Å². The lowest BCUT2D eigenvalue weighted by atomic mass is 10.1. The van der Waals surface area contributed by atoms with Crippen molar-refractivity contribution in [3.05, 3.63) is 83.6 Å². The molecule has 0 aliphatic rings. The summed E-state index contributed by atoms with van der Waals surface area (Å²) in [7, 11) is 0. The van der Waals surface area contributed by atoms with Crippen LogP contribution in [-0.4, -0.2) is 22.4 Å². The number of para-hydroxylation sites is 1. The van der Waals surface area contributed by atoms with E-state index in [1.807, 2.05) is 31.2 Å². The average molecular weight is 350 g/mol. The molecule has 0 saturated heterocycles. The number of anilines is 2. The van der Waals surface area contributed by atoms with E-state index in [4.69, 9.17) is 0 Å². The number of aryl methyl sites for hydroxylation is 1. The van der Waals surface area contributed by atoms with Gasteiger partial charge in [-0.2, -0.15) is 0 Å². The third-order valence-electron chi connectivity index (χ3n) is 3.95. The number of hydrogen-bond acceptors (Lipinski definition) is 4. The maximum Gasteiger partial charge on any atom is 0.270 e. The van der Waals surface area contributed by atoms with Crippen molar-refractivity contribution in [3.8, 4) is 0 Å². The monoisotopic (exact) mass is 350 g/mol. The van der Waals surface area contributed by atoms with Crippen molar-refractivity contribution in [2.75, 3.05) is 11.9 Å². The van der Waals surface area contributed by atoms with Crippen molar-refractivity contribution >= 4 is 17.4 Å². The van der Waals surface area contributed by atoms with Crippen LogP contribution in [0.2, 0.25) is 0 Å². The van der Waals surface area contributed by atoms with Crippen molar-refractivity contribution in [2.45, 2.75) is 13.3 Å². The van der Waals surface area contributed by atoms with Gasteiger partial charge in [-0.3, -0.25) is 4.79 Å². The van der Waals surface area contributed by atoms with Crippen LogP contribution in [0.5, 0.6) is 0 Å². The number of rotatable bonds is 6. The highest BCUT2D eigenvalue weighted by Gasteiger charge is 2.09.